The van der Waals surface area contributed by atoms with Crippen LogP contribution in [0.15, 0.2) is 36.7 Å². The van der Waals surface area contributed by atoms with E-state index in [1.807, 2.05) is 6.07 Å². The van der Waals surface area contributed by atoms with Crippen LogP contribution in [0.5, 0.6) is 11.6 Å². The first-order valence-electron chi connectivity index (χ1n) is 8.81. The molecule has 0 atom stereocenters. The van der Waals surface area contributed by atoms with E-state index >= 15 is 0 Å². The van der Waals surface area contributed by atoms with Crippen molar-refractivity contribution in [2.75, 3.05) is 11.0 Å². The Balaban J connectivity index is 2.15. The molecule has 0 aliphatic rings. The van der Waals surface area contributed by atoms with E-state index in [-0.39, 0.29) is 17.3 Å². The number of ether oxygens (including phenoxy) is 1. The second-order valence-electron chi connectivity index (χ2n) is 6.78. The van der Waals surface area contributed by atoms with Crippen molar-refractivity contribution < 1.29 is 17.9 Å². The molecule has 0 saturated heterocycles. The fraction of sp³-hybridized carbons (Fsp3) is 0.200. The summed E-state index contributed by atoms with van der Waals surface area (Å²) < 4.78 is 32.6. The van der Waals surface area contributed by atoms with Crippen molar-refractivity contribution >= 4 is 15.7 Å². The van der Waals surface area contributed by atoms with Gasteiger partial charge in [-0.15, -0.1) is 0 Å². The second kappa shape index (κ2) is 7.96. The van der Waals surface area contributed by atoms with Crippen molar-refractivity contribution in [3.05, 3.63) is 64.4 Å². The smallest absolute Gasteiger partial charge is 0.244 e. The fourth-order valence-electron chi connectivity index (χ4n) is 2.93. The summed E-state index contributed by atoms with van der Waals surface area (Å²) in [6.45, 7) is 5.07. The average molecular weight is 425 g/mol. The van der Waals surface area contributed by atoms with Gasteiger partial charge in [-0.25, -0.2) is 13.4 Å². The molecule has 10 heteroatoms. The van der Waals surface area contributed by atoms with Gasteiger partial charge in [0.05, 0.1) is 17.5 Å². The summed E-state index contributed by atoms with van der Waals surface area (Å²) in [5.41, 5.74) is 2.97. The molecule has 9 nitrogen and oxygen atoms in total. The van der Waals surface area contributed by atoms with Gasteiger partial charge in [-0.05, 0) is 25.1 Å². The van der Waals surface area contributed by atoms with Crippen molar-refractivity contribution in [1.29, 1.82) is 5.26 Å². The highest BCUT2D eigenvalue weighted by molar-refractivity contribution is 7.92. The van der Waals surface area contributed by atoms with Crippen LogP contribution in [-0.2, 0) is 10.0 Å². The number of anilines is 1. The number of hydrogen-bond acceptors (Lipinski definition) is 7. The first-order chi connectivity index (χ1) is 14.1. The SMILES string of the molecule is Cc1cc(C)[n+]([O-])c(C)c1Oc1nc(-c2cncc(C#N)c2)ccc1NS(C)(=O)=O. The molecular weight excluding hydrogens is 406 g/mol. The Bertz CT molecular complexity index is 1280. The number of nitriles is 1. The molecule has 0 aromatic carbocycles. The molecule has 0 radical (unpaired) electrons. The molecule has 0 aliphatic carbocycles. The molecule has 1 N–H and O–H groups in total. The number of sulfonamides is 1. The third-order valence-electron chi connectivity index (χ3n) is 4.25. The summed E-state index contributed by atoms with van der Waals surface area (Å²) in [6.07, 6.45) is 3.97. The molecule has 0 saturated carbocycles. The minimum atomic E-state index is -3.61. The summed E-state index contributed by atoms with van der Waals surface area (Å²) in [4.78, 5) is 8.44. The third kappa shape index (κ3) is 4.47. The molecule has 3 aromatic heterocycles. The minimum absolute atomic E-state index is 0.0321. The lowest BCUT2D eigenvalue weighted by Gasteiger charge is -2.16. The van der Waals surface area contributed by atoms with Gasteiger partial charge >= 0.3 is 0 Å². The predicted molar refractivity (Wildman–Crippen MR) is 110 cm³/mol. The molecule has 0 fully saturated rings. The Labute approximate surface area is 174 Å². The van der Waals surface area contributed by atoms with Crippen LogP contribution in [0.1, 0.15) is 22.5 Å². The normalized spacial score (nSPS) is 11.0. The van der Waals surface area contributed by atoms with Crippen LogP contribution in [0.3, 0.4) is 0 Å². The van der Waals surface area contributed by atoms with Crippen molar-refractivity contribution in [1.82, 2.24) is 9.97 Å². The lowest BCUT2D eigenvalue weighted by atomic mass is 10.1. The molecule has 3 rings (SSSR count). The van der Waals surface area contributed by atoms with E-state index in [1.54, 1.807) is 39.0 Å². The molecule has 3 heterocycles. The van der Waals surface area contributed by atoms with Gasteiger partial charge in [0.25, 0.3) is 0 Å². The summed E-state index contributed by atoms with van der Waals surface area (Å²) in [6, 6.07) is 8.37. The molecule has 154 valence electrons. The molecule has 3 aromatic rings. The van der Waals surface area contributed by atoms with Crippen LogP contribution >= 0.6 is 0 Å². The van der Waals surface area contributed by atoms with Gasteiger partial charge in [0.2, 0.25) is 21.6 Å². The fourth-order valence-corrected chi connectivity index (χ4v) is 3.48. The summed E-state index contributed by atoms with van der Waals surface area (Å²) in [5, 5.41) is 21.4. The van der Waals surface area contributed by atoms with Crippen molar-refractivity contribution in [3.63, 3.8) is 0 Å². The van der Waals surface area contributed by atoms with E-state index in [2.05, 4.69) is 14.7 Å². The maximum absolute atomic E-state index is 12.3. The summed E-state index contributed by atoms with van der Waals surface area (Å²) >= 11 is 0. The highest BCUT2D eigenvalue weighted by atomic mass is 32.2. The standard InChI is InChI=1S/C20H19N5O4S/c1-12-7-13(2)25(26)14(3)19(12)29-20-18(24-30(4,27)28)6-5-17(23-20)16-8-15(9-21)10-22-11-16/h5-8,10-11,24H,1-4H3. The van der Waals surface area contributed by atoms with Gasteiger partial charge in [-0.1, -0.05) is 0 Å². The van der Waals surface area contributed by atoms with E-state index in [0.717, 1.165) is 11.0 Å². The lowest BCUT2D eigenvalue weighted by Crippen LogP contribution is -2.34. The van der Waals surface area contributed by atoms with Crippen LogP contribution in [0, 0.1) is 37.3 Å². The third-order valence-corrected chi connectivity index (χ3v) is 4.85. The van der Waals surface area contributed by atoms with E-state index in [1.165, 1.54) is 18.5 Å². The zero-order valence-electron chi connectivity index (χ0n) is 16.8. The first kappa shape index (κ1) is 21.0. The van der Waals surface area contributed by atoms with E-state index in [9.17, 15) is 13.6 Å². The number of pyridine rings is 3. The summed E-state index contributed by atoms with van der Waals surface area (Å²) in [7, 11) is -3.61. The van der Waals surface area contributed by atoms with Crippen LogP contribution < -0.4 is 14.2 Å². The molecule has 0 amide bonds. The Morgan fingerprint density at radius 1 is 1.20 bits per heavy atom. The van der Waals surface area contributed by atoms with Gasteiger partial charge in [0, 0.05) is 43.4 Å². The number of nitrogens with zero attached hydrogens (tertiary/aromatic N) is 4. The van der Waals surface area contributed by atoms with Crippen LogP contribution in [0.4, 0.5) is 5.69 Å². The van der Waals surface area contributed by atoms with E-state index < -0.39 is 10.0 Å². The van der Waals surface area contributed by atoms with Crippen molar-refractivity contribution in [2.24, 2.45) is 0 Å². The number of nitrogens with one attached hydrogen (secondary N) is 1. The van der Waals surface area contributed by atoms with Crippen molar-refractivity contribution in [2.45, 2.75) is 20.8 Å². The van der Waals surface area contributed by atoms with E-state index in [0.29, 0.717) is 33.8 Å². The first-order valence-corrected chi connectivity index (χ1v) is 10.7. The molecular formula is C20H19N5O4S. The Morgan fingerprint density at radius 2 is 1.93 bits per heavy atom. The maximum Gasteiger partial charge on any atom is 0.244 e. The minimum Gasteiger partial charge on any atom is -0.618 e. The lowest BCUT2D eigenvalue weighted by molar-refractivity contribution is -0.619. The molecule has 0 bridgehead atoms. The number of aromatic nitrogens is 3. The topological polar surface area (TPSA) is 132 Å². The van der Waals surface area contributed by atoms with Gasteiger partial charge in [0.1, 0.15) is 11.8 Å². The van der Waals surface area contributed by atoms with Crippen LogP contribution in [0.25, 0.3) is 11.3 Å². The average Bonchev–Trinajstić information content (AvgIpc) is 2.69. The Morgan fingerprint density at radius 3 is 2.60 bits per heavy atom. The van der Waals surface area contributed by atoms with Crippen molar-refractivity contribution in [3.8, 4) is 29.0 Å². The van der Waals surface area contributed by atoms with Crippen LogP contribution in [0.2, 0.25) is 0 Å². The Hall–Kier alpha value is -3.71. The van der Waals surface area contributed by atoms with Gasteiger partial charge < -0.3 is 9.94 Å². The van der Waals surface area contributed by atoms with E-state index in [4.69, 9.17) is 10.00 Å². The van der Waals surface area contributed by atoms with Crippen LogP contribution in [-0.4, -0.2) is 24.6 Å². The molecule has 30 heavy (non-hydrogen) atoms. The monoisotopic (exact) mass is 425 g/mol. The second-order valence-corrected chi connectivity index (χ2v) is 8.53. The number of aryl methyl sites for hydroxylation is 2. The van der Waals surface area contributed by atoms with Gasteiger partial charge in [-0.2, -0.15) is 9.99 Å². The molecule has 0 unspecified atom stereocenters. The zero-order chi connectivity index (χ0) is 22.1. The zero-order valence-corrected chi connectivity index (χ0v) is 17.6. The maximum atomic E-state index is 12.3. The predicted octanol–water partition coefficient (Wildman–Crippen LogP) is 2.74. The molecule has 0 aliphatic heterocycles. The number of hydrogen-bond donors (Lipinski definition) is 1. The quantitative estimate of drug-likeness (QED) is 0.491. The summed E-state index contributed by atoms with van der Waals surface area (Å²) in [5.74, 6) is 0.246. The van der Waals surface area contributed by atoms with Gasteiger partial charge in [-0.3, -0.25) is 9.71 Å². The van der Waals surface area contributed by atoms with Gasteiger partial charge in [0.15, 0.2) is 11.4 Å². The highest BCUT2D eigenvalue weighted by Gasteiger charge is 2.20. The largest absolute Gasteiger partial charge is 0.618 e. The number of rotatable bonds is 5. The highest BCUT2D eigenvalue weighted by Crippen LogP contribution is 2.34. The molecule has 0 spiro atoms. The Kier molecular flexibility index (Phi) is 5.58.